The van der Waals surface area contributed by atoms with E-state index < -0.39 is 11.9 Å². The van der Waals surface area contributed by atoms with E-state index in [0.29, 0.717) is 34.2 Å². The van der Waals surface area contributed by atoms with Gasteiger partial charge in [0.1, 0.15) is 11.8 Å². The first-order valence-electron chi connectivity index (χ1n) is 11.8. The van der Waals surface area contributed by atoms with Crippen LogP contribution >= 0.6 is 0 Å². The number of carbonyl (C=O) groups is 2. The largest absolute Gasteiger partial charge is 0.497 e. The van der Waals surface area contributed by atoms with Crippen LogP contribution in [0.1, 0.15) is 34.6 Å². The molecule has 1 aliphatic rings. The van der Waals surface area contributed by atoms with Gasteiger partial charge in [0.2, 0.25) is 0 Å². The summed E-state index contributed by atoms with van der Waals surface area (Å²) < 4.78 is 6.78. The Balaban J connectivity index is 1.49. The van der Waals surface area contributed by atoms with Gasteiger partial charge in [-0.15, -0.1) is 5.10 Å². The maximum Gasteiger partial charge on any atom is 0.280 e. The molecular weight excluding hydrogens is 468 g/mol. The molecule has 1 aromatic heterocycles. The molecule has 0 radical (unpaired) electrons. The first-order valence-corrected chi connectivity index (χ1v) is 11.8. The van der Waals surface area contributed by atoms with Crippen LogP contribution in [0.2, 0.25) is 0 Å². The van der Waals surface area contributed by atoms with Crippen LogP contribution in [0.5, 0.6) is 5.75 Å². The van der Waals surface area contributed by atoms with Crippen LogP contribution < -0.4 is 20.7 Å². The number of aryl methyl sites for hydroxylation is 1. The standard InChI is InChI=1S/C28H26N6O3/c1-17-9-11-20(12-10-17)31-28(36)24-26-29-18(2)23(27(35)30-21-13-15-22(37-3)16-14-21)25(34(26)33-32-24)19-7-5-4-6-8-19/h4-16,25,29H,1-3H3,(H,30,35)(H,31,36). The molecule has 37 heavy (non-hydrogen) atoms. The number of nitrogens with one attached hydrogen (secondary N) is 3. The number of anilines is 3. The van der Waals surface area contributed by atoms with Gasteiger partial charge in [0.25, 0.3) is 11.8 Å². The minimum Gasteiger partial charge on any atom is -0.497 e. The number of nitrogens with zero attached hydrogens (tertiary/aromatic N) is 3. The lowest BCUT2D eigenvalue weighted by atomic mass is 9.94. The summed E-state index contributed by atoms with van der Waals surface area (Å²) in [6, 6.07) is 23.5. The van der Waals surface area contributed by atoms with Gasteiger partial charge < -0.3 is 20.7 Å². The molecule has 2 heterocycles. The molecule has 1 aliphatic heterocycles. The Bertz CT molecular complexity index is 1470. The van der Waals surface area contributed by atoms with E-state index in [1.807, 2.05) is 61.5 Å². The first-order chi connectivity index (χ1) is 17.9. The van der Waals surface area contributed by atoms with Crippen LogP contribution in [0.3, 0.4) is 0 Å². The Kier molecular flexibility index (Phi) is 6.42. The summed E-state index contributed by atoms with van der Waals surface area (Å²) in [6.07, 6.45) is 0. The van der Waals surface area contributed by atoms with Crippen LogP contribution in [0.4, 0.5) is 17.2 Å². The van der Waals surface area contributed by atoms with E-state index in [2.05, 4.69) is 26.3 Å². The number of benzene rings is 3. The summed E-state index contributed by atoms with van der Waals surface area (Å²) in [7, 11) is 1.59. The van der Waals surface area contributed by atoms with Crippen molar-refractivity contribution in [1.29, 1.82) is 0 Å². The predicted octanol–water partition coefficient (Wildman–Crippen LogP) is 4.78. The fourth-order valence-electron chi connectivity index (χ4n) is 4.25. The first kappa shape index (κ1) is 23.8. The molecule has 2 amide bonds. The Labute approximate surface area is 214 Å². The number of fused-ring (bicyclic) bond motifs is 1. The topological polar surface area (TPSA) is 110 Å². The fraction of sp³-hybridized carbons (Fsp3) is 0.143. The summed E-state index contributed by atoms with van der Waals surface area (Å²) in [6.45, 7) is 3.78. The molecule has 5 rings (SSSR count). The second-order valence-corrected chi connectivity index (χ2v) is 8.71. The van der Waals surface area contributed by atoms with Gasteiger partial charge in [0.05, 0.1) is 12.7 Å². The number of allylic oxidation sites excluding steroid dienone is 1. The minimum atomic E-state index is -0.593. The van der Waals surface area contributed by atoms with Gasteiger partial charge in [-0.25, -0.2) is 4.68 Å². The summed E-state index contributed by atoms with van der Waals surface area (Å²) in [5, 5.41) is 17.5. The summed E-state index contributed by atoms with van der Waals surface area (Å²) in [5.41, 5.74) is 4.40. The lowest BCUT2D eigenvalue weighted by molar-refractivity contribution is -0.113. The molecule has 9 nitrogen and oxygen atoms in total. The molecule has 3 N–H and O–H groups in total. The summed E-state index contributed by atoms with van der Waals surface area (Å²) in [5.74, 6) is 0.412. The van der Waals surface area contributed by atoms with E-state index in [4.69, 9.17) is 4.74 Å². The molecule has 3 aromatic carbocycles. The Morgan fingerprint density at radius 2 is 1.49 bits per heavy atom. The minimum absolute atomic E-state index is 0.135. The lowest BCUT2D eigenvalue weighted by Gasteiger charge is -2.29. The SMILES string of the molecule is COc1ccc(NC(=O)C2=C(C)Nc3c(C(=O)Nc4ccc(C)cc4)nnn3C2c2ccccc2)cc1. The zero-order valence-electron chi connectivity index (χ0n) is 20.6. The lowest BCUT2D eigenvalue weighted by Crippen LogP contribution is -2.32. The number of rotatable bonds is 6. The van der Waals surface area contributed by atoms with E-state index in [9.17, 15) is 9.59 Å². The highest BCUT2D eigenvalue weighted by Gasteiger charge is 2.36. The molecule has 0 spiro atoms. The number of amides is 2. The highest BCUT2D eigenvalue weighted by atomic mass is 16.5. The monoisotopic (exact) mass is 494 g/mol. The third-order valence-electron chi connectivity index (χ3n) is 6.15. The van der Waals surface area contributed by atoms with Gasteiger partial charge >= 0.3 is 0 Å². The van der Waals surface area contributed by atoms with Gasteiger partial charge in [-0.05, 0) is 55.8 Å². The van der Waals surface area contributed by atoms with Crippen molar-refractivity contribution in [3.05, 3.63) is 107 Å². The summed E-state index contributed by atoms with van der Waals surface area (Å²) in [4.78, 5) is 26.7. The number of ether oxygens (including phenoxy) is 1. The van der Waals surface area contributed by atoms with Gasteiger partial charge in [0, 0.05) is 17.1 Å². The average molecular weight is 495 g/mol. The number of carbonyl (C=O) groups excluding carboxylic acids is 2. The highest BCUT2D eigenvalue weighted by Crippen LogP contribution is 2.37. The second-order valence-electron chi connectivity index (χ2n) is 8.71. The molecule has 0 bridgehead atoms. The van der Waals surface area contributed by atoms with Crippen molar-refractivity contribution >= 4 is 29.0 Å². The number of methoxy groups -OCH3 is 1. The zero-order chi connectivity index (χ0) is 25.9. The van der Waals surface area contributed by atoms with Gasteiger partial charge in [0.15, 0.2) is 11.5 Å². The normalized spacial score (nSPS) is 14.4. The number of hydrogen-bond donors (Lipinski definition) is 3. The Morgan fingerprint density at radius 1 is 0.865 bits per heavy atom. The molecule has 186 valence electrons. The Hall–Kier alpha value is -4.92. The van der Waals surface area contributed by atoms with Crippen molar-refractivity contribution < 1.29 is 14.3 Å². The summed E-state index contributed by atoms with van der Waals surface area (Å²) >= 11 is 0. The van der Waals surface area contributed by atoms with Crippen LogP contribution in [0, 0.1) is 6.92 Å². The number of aromatic nitrogens is 3. The molecule has 9 heteroatoms. The zero-order valence-corrected chi connectivity index (χ0v) is 20.6. The van der Waals surface area contributed by atoms with E-state index in [1.54, 1.807) is 43.0 Å². The van der Waals surface area contributed by atoms with Crippen LogP contribution in [-0.4, -0.2) is 33.9 Å². The van der Waals surface area contributed by atoms with Crippen molar-refractivity contribution in [1.82, 2.24) is 15.0 Å². The van der Waals surface area contributed by atoms with Crippen LogP contribution in [0.25, 0.3) is 0 Å². The molecule has 1 unspecified atom stereocenters. The van der Waals surface area contributed by atoms with Crippen molar-refractivity contribution in [3.63, 3.8) is 0 Å². The Morgan fingerprint density at radius 3 is 2.14 bits per heavy atom. The maximum absolute atomic E-state index is 13.6. The maximum atomic E-state index is 13.6. The molecular formula is C28H26N6O3. The van der Waals surface area contributed by atoms with Gasteiger partial charge in [-0.3, -0.25) is 9.59 Å². The quantitative estimate of drug-likeness (QED) is 0.356. The van der Waals surface area contributed by atoms with Crippen molar-refractivity contribution in [2.75, 3.05) is 23.1 Å². The fourth-order valence-corrected chi connectivity index (χ4v) is 4.25. The van der Waals surface area contributed by atoms with E-state index >= 15 is 0 Å². The van der Waals surface area contributed by atoms with E-state index in [0.717, 1.165) is 11.1 Å². The number of hydrogen-bond acceptors (Lipinski definition) is 6. The van der Waals surface area contributed by atoms with E-state index in [1.165, 1.54) is 0 Å². The third-order valence-corrected chi connectivity index (χ3v) is 6.15. The van der Waals surface area contributed by atoms with E-state index in [-0.39, 0.29) is 11.6 Å². The smallest absolute Gasteiger partial charge is 0.280 e. The van der Waals surface area contributed by atoms with Crippen molar-refractivity contribution in [2.24, 2.45) is 0 Å². The van der Waals surface area contributed by atoms with Gasteiger partial charge in [-0.1, -0.05) is 53.2 Å². The predicted molar refractivity (Wildman–Crippen MR) is 142 cm³/mol. The molecule has 0 fully saturated rings. The van der Waals surface area contributed by atoms with Gasteiger partial charge in [-0.2, -0.15) is 0 Å². The second kappa shape index (κ2) is 9.98. The van der Waals surface area contributed by atoms with Crippen LogP contribution in [-0.2, 0) is 4.79 Å². The highest BCUT2D eigenvalue weighted by molar-refractivity contribution is 6.08. The average Bonchev–Trinajstić information content (AvgIpc) is 3.33. The van der Waals surface area contributed by atoms with Crippen molar-refractivity contribution in [3.8, 4) is 5.75 Å². The molecule has 0 saturated carbocycles. The molecule has 4 aromatic rings. The molecule has 1 atom stereocenters. The third kappa shape index (κ3) is 4.79. The molecule has 0 aliphatic carbocycles. The van der Waals surface area contributed by atoms with Crippen molar-refractivity contribution in [2.45, 2.75) is 19.9 Å². The molecule has 0 saturated heterocycles. The van der Waals surface area contributed by atoms with Crippen LogP contribution in [0.15, 0.2) is 90.1 Å².